The first-order chi connectivity index (χ1) is 35.1. The molecular weight excluding hydrogens is 1060 g/mol. The average Bonchev–Trinajstić information content (AvgIpc) is 3.89. The first kappa shape index (κ1) is 51.7. The minimum Gasteiger partial charge on any atom is -0.0622 e. The summed E-state index contributed by atoms with van der Waals surface area (Å²) < 4.78 is 2.56. The summed E-state index contributed by atoms with van der Waals surface area (Å²) >= 11 is 7.90. The van der Waals surface area contributed by atoms with Gasteiger partial charge < -0.3 is 0 Å². The average molecular weight is 1140 g/mol. The zero-order chi connectivity index (χ0) is 52.3. The maximum absolute atomic E-state index is 3.95. The Morgan fingerprint density at radius 1 is 0.311 bits per heavy atom. The van der Waals surface area contributed by atoms with Gasteiger partial charge in [0, 0.05) is 19.8 Å². The predicted molar refractivity (Wildman–Crippen MR) is 330 cm³/mol. The molecule has 8 aromatic rings. The van der Waals surface area contributed by atoms with Crippen molar-refractivity contribution in [1.29, 1.82) is 0 Å². The predicted octanol–water partition coefficient (Wildman–Crippen LogP) is 16.9. The molecule has 0 aliphatic heterocycles. The molecule has 0 heterocycles. The van der Waals surface area contributed by atoms with E-state index < -0.39 is 15.8 Å². The van der Waals surface area contributed by atoms with Gasteiger partial charge in [-0.05, 0) is 190 Å². The van der Waals surface area contributed by atoms with E-state index in [1.165, 1.54) is 87.5 Å². The van der Waals surface area contributed by atoms with Crippen molar-refractivity contribution < 1.29 is 0 Å². The van der Waals surface area contributed by atoms with Crippen molar-refractivity contribution in [3.8, 4) is 0 Å². The van der Waals surface area contributed by atoms with Crippen LogP contribution in [0.15, 0.2) is 179 Å². The van der Waals surface area contributed by atoms with E-state index in [4.69, 9.17) is 0 Å². The van der Waals surface area contributed by atoms with Gasteiger partial charge in [0.1, 0.15) is 0 Å². The minimum atomic E-state index is -0.782. The third-order valence-electron chi connectivity index (χ3n) is 17.3. The van der Waals surface area contributed by atoms with Crippen molar-refractivity contribution in [3.63, 3.8) is 0 Å². The highest BCUT2D eigenvalue weighted by atomic mass is 79.9. The maximum atomic E-state index is 3.95. The van der Waals surface area contributed by atoms with E-state index in [0.29, 0.717) is 0 Å². The molecule has 12 rings (SSSR count). The largest absolute Gasteiger partial charge is 0.0622 e. The molecule has 0 radical (unpaired) electrons. The third kappa shape index (κ3) is 8.51. The van der Waals surface area contributed by atoms with E-state index >= 15 is 0 Å². The Morgan fingerprint density at radius 2 is 0.541 bits per heavy atom. The second kappa shape index (κ2) is 18.7. The normalized spacial score (nSPS) is 18.3. The number of benzene rings is 8. The van der Waals surface area contributed by atoms with E-state index in [1.54, 1.807) is 32.9 Å². The fraction of sp³-hybridized carbons (Fsp3) is 0.314. The van der Waals surface area contributed by atoms with E-state index in [1.807, 2.05) is 0 Å². The van der Waals surface area contributed by atoms with Crippen molar-refractivity contribution in [2.75, 3.05) is 0 Å². The van der Waals surface area contributed by atoms with Crippen molar-refractivity contribution in [2.45, 2.75) is 141 Å². The van der Waals surface area contributed by atoms with E-state index in [9.17, 15) is 0 Å². The summed E-state index contributed by atoms with van der Waals surface area (Å²) in [5.41, 5.74) is 18.3. The van der Waals surface area contributed by atoms with Crippen LogP contribution in [-0.4, -0.2) is 0 Å². The molecule has 2 spiro atoms. The summed E-state index contributed by atoms with van der Waals surface area (Å²) in [5.74, 6) is 0. The minimum absolute atomic E-state index is 0.0343. The molecule has 4 heteroatoms. The molecule has 0 N–H and O–H groups in total. The molecule has 0 unspecified atom stereocenters. The van der Waals surface area contributed by atoms with Crippen LogP contribution in [-0.2, 0) is 32.5 Å². The SMILES string of the molecule is Cc1cc(Br)c2c(c1)C(C)(C)CC21CC(C)(C)c2cc(C)cc(Br)c21.Cc1cc(P(c2ccccc2)c2ccccc2)c2c(c1)C(C)(C)CC21CC(C)(C)c2cc(C)cc(P(c3ccccc3)c3ccccc3)c21. The van der Waals surface area contributed by atoms with Gasteiger partial charge in [-0.3, -0.25) is 0 Å². The van der Waals surface area contributed by atoms with Crippen LogP contribution in [0.3, 0.4) is 0 Å². The molecule has 0 nitrogen and oxygen atoms in total. The van der Waals surface area contributed by atoms with Gasteiger partial charge in [0.05, 0.1) is 0 Å². The van der Waals surface area contributed by atoms with Crippen LogP contribution in [0.4, 0.5) is 0 Å². The number of hydrogen-bond donors (Lipinski definition) is 0. The summed E-state index contributed by atoms with van der Waals surface area (Å²) in [4.78, 5) is 0. The van der Waals surface area contributed by atoms with Gasteiger partial charge in [-0.25, -0.2) is 0 Å². The number of rotatable bonds is 6. The van der Waals surface area contributed by atoms with Gasteiger partial charge in [-0.15, -0.1) is 0 Å². The second-order valence-corrected chi connectivity index (χ2v) is 31.3. The van der Waals surface area contributed by atoms with Gasteiger partial charge >= 0.3 is 0 Å². The molecule has 376 valence electrons. The summed E-state index contributed by atoms with van der Waals surface area (Å²) in [5, 5.41) is 8.80. The van der Waals surface area contributed by atoms with Gasteiger partial charge in [0.2, 0.25) is 0 Å². The Labute approximate surface area is 463 Å². The first-order valence-corrected chi connectivity index (χ1v) is 31.1. The van der Waals surface area contributed by atoms with Crippen LogP contribution in [0.25, 0.3) is 0 Å². The molecule has 0 amide bonds. The Balaban J connectivity index is 0.000000197. The Morgan fingerprint density at radius 3 is 0.811 bits per heavy atom. The highest BCUT2D eigenvalue weighted by molar-refractivity contribution is 9.10. The zero-order valence-corrected chi connectivity index (χ0v) is 50.6. The molecular formula is C70H72Br2P2. The summed E-state index contributed by atoms with van der Waals surface area (Å²) in [6.45, 7) is 28.8. The molecule has 0 atom stereocenters. The second-order valence-electron chi connectivity index (χ2n) is 25.2. The first-order valence-electron chi connectivity index (χ1n) is 26.8. The number of aryl methyl sites for hydroxylation is 4. The molecule has 4 aliphatic rings. The molecule has 0 bridgehead atoms. The van der Waals surface area contributed by atoms with Crippen LogP contribution in [0, 0.1) is 27.7 Å². The molecule has 0 saturated carbocycles. The molecule has 0 saturated heterocycles. The summed E-state index contributed by atoms with van der Waals surface area (Å²) in [6.07, 6.45) is 4.60. The smallest absolute Gasteiger partial charge is 0.0247 e. The fourth-order valence-corrected chi connectivity index (χ4v) is 22.4. The lowest BCUT2D eigenvalue weighted by atomic mass is 9.72. The van der Waals surface area contributed by atoms with Gasteiger partial charge in [-0.2, -0.15) is 0 Å². The van der Waals surface area contributed by atoms with Gasteiger partial charge in [0.15, 0.2) is 0 Å². The summed E-state index contributed by atoms with van der Waals surface area (Å²) in [6, 6.07) is 65.1. The Bertz CT molecular complexity index is 3150. The van der Waals surface area contributed by atoms with Crippen LogP contribution >= 0.6 is 47.7 Å². The van der Waals surface area contributed by atoms with Crippen molar-refractivity contribution in [1.82, 2.24) is 0 Å². The highest BCUT2D eigenvalue weighted by Crippen LogP contribution is 2.67. The number of halogens is 2. The van der Waals surface area contributed by atoms with E-state index in [-0.39, 0.29) is 32.5 Å². The standard InChI is InChI=1S/C47H46P2.C23H26Br2/c1-33-27-39-43(41(29-33)48(35-19-11-7-12-20-35)36-21-13-8-14-22-36)47(31-45(39,3)4)32-46(5,6)40-28-34(2)30-42(44(40)47)49(37-23-15-9-16-24-37)38-25-17-10-18-26-38;1-13-7-15-19(17(24)9-13)23(11-21(15,3)4)12-22(5,6)16-8-14(2)10-18(25)20(16)23/h7-30H,31-32H2,1-6H3;7-10H,11-12H2,1-6H3. The highest BCUT2D eigenvalue weighted by Gasteiger charge is 2.60. The summed E-state index contributed by atoms with van der Waals surface area (Å²) in [7, 11) is -1.56. The van der Waals surface area contributed by atoms with Crippen LogP contribution < -0.4 is 31.8 Å². The molecule has 8 aromatic carbocycles. The lowest BCUT2D eigenvalue weighted by molar-refractivity contribution is 0.348. The lowest BCUT2D eigenvalue weighted by Gasteiger charge is -2.36. The molecule has 74 heavy (non-hydrogen) atoms. The van der Waals surface area contributed by atoms with Crippen molar-refractivity contribution in [3.05, 3.63) is 246 Å². The van der Waals surface area contributed by atoms with Crippen LogP contribution in [0.2, 0.25) is 0 Å². The Kier molecular flexibility index (Phi) is 13.0. The maximum Gasteiger partial charge on any atom is 0.0247 e. The quantitative estimate of drug-likeness (QED) is 0.146. The van der Waals surface area contributed by atoms with Crippen molar-refractivity contribution >= 4 is 79.5 Å². The number of fused-ring (bicyclic) bond motifs is 8. The van der Waals surface area contributed by atoms with Gasteiger partial charge in [0.25, 0.3) is 0 Å². The van der Waals surface area contributed by atoms with Crippen LogP contribution in [0.5, 0.6) is 0 Å². The van der Waals surface area contributed by atoms with E-state index in [0.717, 1.165) is 12.8 Å². The fourth-order valence-electron chi connectivity index (χ4n) is 15.1. The molecule has 0 fully saturated rings. The van der Waals surface area contributed by atoms with Gasteiger partial charge in [-0.1, -0.05) is 256 Å². The third-order valence-corrected chi connectivity index (χ3v) is 23.5. The Hall–Kier alpha value is -4.42. The molecule has 0 aromatic heterocycles. The molecule has 4 aliphatic carbocycles. The van der Waals surface area contributed by atoms with E-state index in [2.05, 4.69) is 285 Å². The monoisotopic (exact) mass is 1130 g/mol. The number of hydrogen-bond acceptors (Lipinski definition) is 0. The van der Waals surface area contributed by atoms with Crippen LogP contribution in [0.1, 0.15) is 148 Å². The topological polar surface area (TPSA) is 0 Å². The lowest BCUT2D eigenvalue weighted by Crippen LogP contribution is -2.37. The van der Waals surface area contributed by atoms with Crippen molar-refractivity contribution in [2.24, 2.45) is 0 Å². The zero-order valence-electron chi connectivity index (χ0n) is 45.6.